The summed E-state index contributed by atoms with van der Waals surface area (Å²) in [6.07, 6.45) is 8.80. The summed E-state index contributed by atoms with van der Waals surface area (Å²) in [5.74, 6) is 1.52. The van der Waals surface area contributed by atoms with Gasteiger partial charge >= 0.3 is 0 Å². The molecule has 0 aromatic carbocycles. The number of rotatable bonds is 1. The van der Waals surface area contributed by atoms with Gasteiger partial charge in [0.15, 0.2) is 0 Å². The zero-order valence-corrected chi connectivity index (χ0v) is 9.30. The minimum atomic E-state index is 0.538. The lowest BCUT2D eigenvalue weighted by Crippen LogP contribution is -2.33. The molecule has 1 nitrogen and oxygen atoms in total. The van der Waals surface area contributed by atoms with Gasteiger partial charge < -0.3 is 4.74 Å². The second kappa shape index (κ2) is 4.48. The van der Waals surface area contributed by atoms with E-state index in [1.54, 1.807) is 0 Å². The first kappa shape index (κ1) is 10.2. The SMILES string of the molecule is C=C1COC(C2CCCCC2)CC1C. The monoisotopic (exact) mass is 194 g/mol. The van der Waals surface area contributed by atoms with E-state index in [4.69, 9.17) is 4.74 Å². The molecule has 1 saturated carbocycles. The van der Waals surface area contributed by atoms with E-state index in [-0.39, 0.29) is 0 Å². The predicted molar refractivity (Wildman–Crippen MR) is 59.2 cm³/mol. The first-order valence-electron chi connectivity index (χ1n) is 6.06. The van der Waals surface area contributed by atoms with Crippen molar-refractivity contribution in [3.8, 4) is 0 Å². The largest absolute Gasteiger partial charge is 0.374 e. The normalized spacial score (nSPS) is 35.9. The number of ether oxygens (including phenoxy) is 1. The molecule has 0 N–H and O–H groups in total. The Morgan fingerprint density at radius 3 is 2.57 bits per heavy atom. The third-order valence-electron chi connectivity index (χ3n) is 3.94. The van der Waals surface area contributed by atoms with Gasteiger partial charge in [-0.25, -0.2) is 0 Å². The van der Waals surface area contributed by atoms with E-state index in [0.717, 1.165) is 12.5 Å². The Kier molecular flexibility index (Phi) is 3.27. The van der Waals surface area contributed by atoms with Gasteiger partial charge in [-0.1, -0.05) is 32.8 Å². The van der Waals surface area contributed by atoms with Gasteiger partial charge in [-0.05, 0) is 36.7 Å². The van der Waals surface area contributed by atoms with Crippen LogP contribution in [0.4, 0.5) is 0 Å². The molecule has 2 aliphatic rings. The first-order chi connectivity index (χ1) is 6.77. The summed E-state index contributed by atoms with van der Waals surface area (Å²) in [7, 11) is 0. The molecule has 0 spiro atoms. The fraction of sp³-hybridized carbons (Fsp3) is 0.846. The van der Waals surface area contributed by atoms with Gasteiger partial charge in [0.05, 0.1) is 12.7 Å². The lowest BCUT2D eigenvalue weighted by Gasteiger charge is -2.36. The Bertz CT molecular complexity index is 203. The first-order valence-corrected chi connectivity index (χ1v) is 6.06. The second-order valence-electron chi connectivity index (χ2n) is 5.04. The summed E-state index contributed by atoms with van der Waals surface area (Å²) >= 11 is 0. The van der Waals surface area contributed by atoms with E-state index in [2.05, 4.69) is 13.5 Å². The molecule has 2 fully saturated rings. The zero-order valence-electron chi connectivity index (χ0n) is 9.30. The molecule has 1 heterocycles. The van der Waals surface area contributed by atoms with Gasteiger partial charge in [-0.2, -0.15) is 0 Å². The van der Waals surface area contributed by atoms with Crippen LogP contribution >= 0.6 is 0 Å². The van der Waals surface area contributed by atoms with Crippen molar-refractivity contribution < 1.29 is 4.74 Å². The Morgan fingerprint density at radius 1 is 1.21 bits per heavy atom. The average molecular weight is 194 g/mol. The van der Waals surface area contributed by atoms with Crippen molar-refractivity contribution in [2.24, 2.45) is 11.8 Å². The molecule has 2 unspecified atom stereocenters. The molecule has 2 rings (SSSR count). The minimum absolute atomic E-state index is 0.538. The van der Waals surface area contributed by atoms with Gasteiger partial charge in [0.2, 0.25) is 0 Å². The topological polar surface area (TPSA) is 9.23 Å². The van der Waals surface area contributed by atoms with Crippen molar-refractivity contribution in [3.63, 3.8) is 0 Å². The van der Waals surface area contributed by atoms with Gasteiger partial charge in [0, 0.05) is 0 Å². The standard InChI is InChI=1S/C13H22O/c1-10-8-13(14-9-11(10)2)12-6-4-3-5-7-12/h10,12-13H,2-9H2,1H3. The lowest BCUT2D eigenvalue weighted by molar-refractivity contribution is -0.0223. The maximum absolute atomic E-state index is 5.90. The van der Waals surface area contributed by atoms with Gasteiger partial charge in [0.25, 0.3) is 0 Å². The highest BCUT2D eigenvalue weighted by molar-refractivity contribution is 5.03. The Balaban J connectivity index is 1.88. The van der Waals surface area contributed by atoms with Gasteiger partial charge in [-0.3, -0.25) is 0 Å². The molecule has 1 aliphatic carbocycles. The molecule has 1 aliphatic heterocycles. The average Bonchev–Trinajstić information content (AvgIpc) is 2.23. The molecule has 14 heavy (non-hydrogen) atoms. The minimum Gasteiger partial charge on any atom is -0.374 e. The molecule has 2 atom stereocenters. The van der Waals surface area contributed by atoms with Crippen molar-refractivity contribution in [3.05, 3.63) is 12.2 Å². The predicted octanol–water partition coefficient (Wildman–Crippen LogP) is 3.55. The summed E-state index contributed by atoms with van der Waals surface area (Å²) in [5.41, 5.74) is 1.29. The van der Waals surface area contributed by atoms with Crippen LogP contribution in [-0.2, 0) is 4.74 Å². The van der Waals surface area contributed by atoms with Crippen molar-refractivity contribution in [1.29, 1.82) is 0 Å². The Labute approximate surface area is 87.5 Å². The maximum Gasteiger partial charge on any atom is 0.0680 e. The maximum atomic E-state index is 5.90. The molecule has 0 radical (unpaired) electrons. The van der Waals surface area contributed by atoms with Crippen molar-refractivity contribution in [1.82, 2.24) is 0 Å². The fourth-order valence-electron chi connectivity index (χ4n) is 2.77. The highest BCUT2D eigenvalue weighted by Gasteiger charge is 2.29. The van der Waals surface area contributed by atoms with E-state index in [1.807, 2.05) is 0 Å². The van der Waals surface area contributed by atoms with Crippen LogP contribution < -0.4 is 0 Å². The fourth-order valence-corrected chi connectivity index (χ4v) is 2.77. The number of hydrogen-bond donors (Lipinski definition) is 0. The van der Waals surface area contributed by atoms with Crippen molar-refractivity contribution in [2.45, 2.75) is 51.6 Å². The Hall–Kier alpha value is -0.300. The second-order valence-corrected chi connectivity index (χ2v) is 5.04. The van der Waals surface area contributed by atoms with Crippen LogP contribution in [0.5, 0.6) is 0 Å². The molecular formula is C13H22O. The molecule has 0 aromatic rings. The third kappa shape index (κ3) is 2.20. The van der Waals surface area contributed by atoms with Crippen LogP contribution in [-0.4, -0.2) is 12.7 Å². The van der Waals surface area contributed by atoms with Crippen molar-refractivity contribution in [2.75, 3.05) is 6.61 Å². The molecule has 1 saturated heterocycles. The van der Waals surface area contributed by atoms with Crippen LogP contribution in [0.25, 0.3) is 0 Å². The van der Waals surface area contributed by atoms with Crippen LogP contribution in [0.15, 0.2) is 12.2 Å². The molecule has 80 valence electrons. The summed E-state index contributed by atoms with van der Waals surface area (Å²) in [5, 5.41) is 0. The molecule has 0 aromatic heterocycles. The van der Waals surface area contributed by atoms with E-state index in [9.17, 15) is 0 Å². The van der Waals surface area contributed by atoms with E-state index in [1.165, 1.54) is 44.1 Å². The van der Waals surface area contributed by atoms with Crippen molar-refractivity contribution >= 4 is 0 Å². The zero-order chi connectivity index (χ0) is 9.97. The molecule has 0 bridgehead atoms. The van der Waals surface area contributed by atoms with Crippen LogP contribution in [0.3, 0.4) is 0 Å². The highest BCUT2D eigenvalue weighted by atomic mass is 16.5. The van der Waals surface area contributed by atoms with Gasteiger partial charge in [0.1, 0.15) is 0 Å². The van der Waals surface area contributed by atoms with Crippen LogP contribution in [0.1, 0.15) is 45.4 Å². The summed E-state index contributed by atoms with van der Waals surface area (Å²) in [6.45, 7) is 7.15. The summed E-state index contributed by atoms with van der Waals surface area (Å²) < 4.78 is 5.90. The lowest BCUT2D eigenvalue weighted by atomic mass is 9.80. The highest BCUT2D eigenvalue weighted by Crippen LogP contribution is 2.34. The quantitative estimate of drug-likeness (QED) is 0.580. The smallest absolute Gasteiger partial charge is 0.0680 e. The summed E-state index contributed by atoms with van der Waals surface area (Å²) in [6, 6.07) is 0. The number of hydrogen-bond acceptors (Lipinski definition) is 1. The third-order valence-corrected chi connectivity index (χ3v) is 3.94. The van der Waals surface area contributed by atoms with Gasteiger partial charge in [-0.15, -0.1) is 0 Å². The van der Waals surface area contributed by atoms with Crippen LogP contribution in [0.2, 0.25) is 0 Å². The van der Waals surface area contributed by atoms with E-state index in [0.29, 0.717) is 12.0 Å². The molecule has 1 heteroatoms. The van der Waals surface area contributed by atoms with E-state index >= 15 is 0 Å². The molecule has 0 amide bonds. The Morgan fingerprint density at radius 2 is 1.93 bits per heavy atom. The van der Waals surface area contributed by atoms with E-state index < -0.39 is 0 Å². The summed E-state index contributed by atoms with van der Waals surface area (Å²) in [4.78, 5) is 0. The molecular weight excluding hydrogens is 172 g/mol. The van der Waals surface area contributed by atoms with Crippen LogP contribution in [0, 0.1) is 11.8 Å².